The van der Waals surface area contributed by atoms with Gasteiger partial charge >= 0.3 is 0 Å². The second-order valence-electron chi connectivity index (χ2n) is 9.07. The van der Waals surface area contributed by atoms with Gasteiger partial charge in [-0.3, -0.25) is 14.1 Å². The molecule has 0 aliphatic carbocycles. The standard InChI is InChI=1S/C22H28N6O3S.CH4O3S/c1-15(2)24-17-6-7-23-21(14-17)27-8-10-28(11-9-27)22(29)20-13-16-12-18(26-32(3,30)31)4-5-19(16)25-20;1-5(2,3)4/h4-7,12-15,25-26H,8-11H2,1-3H3,(H,23,24);1H3,(H,2,3,4). The van der Waals surface area contributed by atoms with Crippen LogP contribution in [0.3, 0.4) is 0 Å². The van der Waals surface area contributed by atoms with Crippen LogP contribution in [0.25, 0.3) is 10.9 Å². The van der Waals surface area contributed by atoms with Crippen LogP contribution in [0, 0.1) is 0 Å². The van der Waals surface area contributed by atoms with Gasteiger partial charge in [0.25, 0.3) is 16.0 Å². The highest BCUT2D eigenvalue weighted by Gasteiger charge is 2.24. The number of pyridine rings is 1. The molecular weight excluding hydrogens is 520 g/mol. The van der Waals surface area contributed by atoms with E-state index in [0.717, 1.165) is 28.7 Å². The molecule has 202 valence electrons. The molecule has 2 aromatic heterocycles. The number of benzene rings is 1. The van der Waals surface area contributed by atoms with Crippen molar-refractivity contribution >= 4 is 54.1 Å². The third-order valence-electron chi connectivity index (χ3n) is 5.25. The zero-order chi connectivity index (χ0) is 27.4. The molecule has 37 heavy (non-hydrogen) atoms. The molecule has 4 rings (SSSR count). The number of sulfonamides is 1. The Bertz CT molecular complexity index is 1450. The Morgan fingerprint density at radius 2 is 1.65 bits per heavy atom. The normalized spacial score (nSPS) is 14.3. The van der Waals surface area contributed by atoms with E-state index < -0.39 is 20.1 Å². The molecule has 0 saturated carbocycles. The summed E-state index contributed by atoms with van der Waals surface area (Å²) in [5, 5.41) is 4.17. The Hall–Kier alpha value is -3.36. The molecule has 4 N–H and O–H groups in total. The smallest absolute Gasteiger partial charge is 0.270 e. The first-order valence-corrected chi connectivity index (χ1v) is 15.2. The molecular formula is C23H32N6O6S2. The number of amides is 1. The van der Waals surface area contributed by atoms with Crippen LogP contribution in [0.1, 0.15) is 24.3 Å². The van der Waals surface area contributed by atoms with Crippen LogP contribution < -0.4 is 14.9 Å². The number of H-pyrrole nitrogens is 1. The number of carbonyl (C=O) groups excluding carboxylic acids is 1. The zero-order valence-corrected chi connectivity index (χ0v) is 22.7. The predicted molar refractivity (Wildman–Crippen MR) is 145 cm³/mol. The first kappa shape index (κ1) is 28.2. The monoisotopic (exact) mass is 552 g/mol. The second kappa shape index (κ2) is 11.4. The molecule has 1 fully saturated rings. The molecule has 14 heteroatoms. The number of aromatic amines is 1. The van der Waals surface area contributed by atoms with E-state index in [1.807, 2.05) is 17.0 Å². The topological polar surface area (TPSA) is 165 Å². The van der Waals surface area contributed by atoms with Gasteiger partial charge in [0, 0.05) is 66.8 Å². The zero-order valence-electron chi connectivity index (χ0n) is 21.1. The molecule has 0 unspecified atom stereocenters. The van der Waals surface area contributed by atoms with Gasteiger partial charge in [0.05, 0.1) is 12.5 Å². The summed E-state index contributed by atoms with van der Waals surface area (Å²) >= 11 is 0. The van der Waals surface area contributed by atoms with Gasteiger partial charge < -0.3 is 20.1 Å². The maximum atomic E-state index is 13.0. The van der Waals surface area contributed by atoms with Gasteiger partial charge in [0.1, 0.15) is 11.5 Å². The van der Waals surface area contributed by atoms with E-state index in [-0.39, 0.29) is 5.91 Å². The van der Waals surface area contributed by atoms with Crippen molar-refractivity contribution in [1.29, 1.82) is 0 Å². The lowest BCUT2D eigenvalue weighted by atomic mass is 10.2. The summed E-state index contributed by atoms with van der Waals surface area (Å²) < 4.78 is 51.2. The minimum Gasteiger partial charge on any atom is -0.383 e. The molecule has 0 bridgehead atoms. The molecule has 0 atom stereocenters. The van der Waals surface area contributed by atoms with Crippen molar-refractivity contribution in [2.45, 2.75) is 19.9 Å². The summed E-state index contributed by atoms with van der Waals surface area (Å²) in [4.78, 5) is 24.7. The number of hydrogen-bond acceptors (Lipinski definition) is 8. The van der Waals surface area contributed by atoms with Gasteiger partial charge in [-0.2, -0.15) is 8.42 Å². The quantitative estimate of drug-likeness (QED) is 0.336. The van der Waals surface area contributed by atoms with Gasteiger partial charge in [-0.15, -0.1) is 0 Å². The Morgan fingerprint density at radius 1 is 1.00 bits per heavy atom. The Labute approximate surface area is 216 Å². The van der Waals surface area contributed by atoms with Crippen LogP contribution >= 0.6 is 0 Å². The SMILES string of the molecule is CC(C)Nc1ccnc(N2CCN(C(=O)c3cc4cc(NS(C)(=O)=O)ccc4[nH]3)CC2)c1.CS(=O)(=O)O. The fraction of sp³-hybridized carbons (Fsp3) is 0.391. The summed E-state index contributed by atoms with van der Waals surface area (Å²) in [6.45, 7) is 6.78. The number of nitrogens with zero attached hydrogens (tertiary/aromatic N) is 3. The summed E-state index contributed by atoms with van der Waals surface area (Å²) in [5.74, 6) is 0.834. The van der Waals surface area contributed by atoms with Crippen molar-refractivity contribution in [2.75, 3.05) is 53.6 Å². The highest BCUT2D eigenvalue weighted by molar-refractivity contribution is 7.92. The largest absolute Gasteiger partial charge is 0.383 e. The van der Waals surface area contributed by atoms with Crippen molar-refractivity contribution in [3.63, 3.8) is 0 Å². The van der Waals surface area contributed by atoms with Crippen molar-refractivity contribution in [3.8, 4) is 0 Å². The molecule has 3 heterocycles. The Kier molecular flexibility index (Phi) is 8.66. The number of carbonyl (C=O) groups is 1. The van der Waals surface area contributed by atoms with Gasteiger partial charge in [-0.05, 0) is 44.2 Å². The molecule has 1 amide bonds. The number of nitrogens with one attached hydrogen (secondary N) is 3. The van der Waals surface area contributed by atoms with E-state index >= 15 is 0 Å². The van der Waals surface area contributed by atoms with Crippen LogP contribution in [0.15, 0.2) is 42.6 Å². The van der Waals surface area contributed by atoms with Crippen molar-refractivity contribution < 1.29 is 26.2 Å². The average Bonchev–Trinajstić information content (AvgIpc) is 3.20. The lowest BCUT2D eigenvalue weighted by Gasteiger charge is -2.35. The molecule has 1 aliphatic rings. The summed E-state index contributed by atoms with van der Waals surface area (Å²) in [6.07, 6.45) is 3.62. The molecule has 1 saturated heterocycles. The number of rotatable bonds is 6. The minimum absolute atomic E-state index is 0.0679. The molecule has 3 aromatic rings. The highest BCUT2D eigenvalue weighted by atomic mass is 32.2. The maximum absolute atomic E-state index is 13.0. The number of piperazine rings is 1. The number of anilines is 3. The van der Waals surface area contributed by atoms with E-state index in [0.29, 0.717) is 49.9 Å². The van der Waals surface area contributed by atoms with Crippen LogP contribution in [-0.4, -0.2) is 86.9 Å². The molecule has 1 aromatic carbocycles. The Balaban J connectivity index is 0.000000695. The molecule has 0 radical (unpaired) electrons. The first-order valence-electron chi connectivity index (χ1n) is 11.5. The number of fused-ring (bicyclic) bond motifs is 1. The van der Waals surface area contributed by atoms with Gasteiger partial charge in [0.15, 0.2) is 0 Å². The van der Waals surface area contributed by atoms with E-state index in [1.54, 1.807) is 30.5 Å². The van der Waals surface area contributed by atoms with Crippen LogP contribution in [0.4, 0.5) is 17.2 Å². The molecule has 12 nitrogen and oxygen atoms in total. The van der Waals surface area contributed by atoms with Crippen molar-refractivity contribution in [1.82, 2.24) is 14.9 Å². The van der Waals surface area contributed by atoms with Gasteiger partial charge in [-0.1, -0.05) is 0 Å². The first-order chi connectivity index (χ1) is 17.2. The van der Waals surface area contributed by atoms with Gasteiger partial charge in [-0.25, -0.2) is 13.4 Å². The lowest BCUT2D eigenvalue weighted by molar-refractivity contribution is 0.0741. The molecule has 0 spiro atoms. The second-order valence-corrected chi connectivity index (χ2v) is 12.3. The third kappa shape index (κ3) is 8.91. The predicted octanol–water partition coefficient (Wildman–Crippen LogP) is 2.22. The number of aromatic nitrogens is 2. The Morgan fingerprint density at radius 3 is 2.24 bits per heavy atom. The number of hydrogen-bond donors (Lipinski definition) is 4. The van der Waals surface area contributed by atoms with E-state index in [9.17, 15) is 21.6 Å². The fourth-order valence-electron chi connectivity index (χ4n) is 3.85. The fourth-order valence-corrected chi connectivity index (χ4v) is 4.40. The average molecular weight is 553 g/mol. The third-order valence-corrected chi connectivity index (χ3v) is 5.85. The maximum Gasteiger partial charge on any atom is 0.270 e. The van der Waals surface area contributed by atoms with Crippen molar-refractivity contribution in [2.24, 2.45) is 0 Å². The summed E-state index contributed by atoms with van der Waals surface area (Å²) in [6, 6.07) is 11.2. The van der Waals surface area contributed by atoms with Crippen LogP contribution in [0.2, 0.25) is 0 Å². The van der Waals surface area contributed by atoms with E-state index in [1.165, 1.54) is 0 Å². The van der Waals surface area contributed by atoms with Crippen LogP contribution in [0.5, 0.6) is 0 Å². The van der Waals surface area contributed by atoms with E-state index in [2.05, 4.69) is 38.8 Å². The molecule has 1 aliphatic heterocycles. The summed E-state index contributed by atoms with van der Waals surface area (Å²) in [5.41, 5.74) is 2.77. The lowest BCUT2D eigenvalue weighted by Crippen LogP contribution is -2.49. The van der Waals surface area contributed by atoms with Crippen LogP contribution in [-0.2, 0) is 20.1 Å². The van der Waals surface area contributed by atoms with Gasteiger partial charge in [0.2, 0.25) is 10.0 Å². The highest BCUT2D eigenvalue weighted by Crippen LogP contribution is 2.23. The van der Waals surface area contributed by atoms with E-state index in [4.69, 9.17) is 4.55 Å². The van der Waals surface area contributed by atoms with Crippen molar-refractivity contribution in [3.05, 3.63) is 48.3 Å². The minimum atomic E-state index is -3.67. The summed E-state index contributed by atoms with van der Waals surface area (Å²) in [7, 11) is -7.03.